The predicted molar refractivity (Wildman–Crippen MR) is 65.1 cm³/mol. The third-order valence-electron chi connectivity index (χ3n) is 3.32. The van der Waals surface area contributed by atoms with E-state index < -0.39 is 4.92 Å². The van der Waals surface area contributed by atoms with Crippen LogP contribution in [-0.4, -0.2) is 51.0 Å². The predicted octanol–water partition coefficient (Wildman–Crippen LogP) is 0.496. The van der Waals surface area contributed by atoms with E-state index in [1.54, 1.807) is 10.9 Å². The molecule has 1 saturated heterocycles. The number of hydrogen-bond donors (Lipinski definition) is 1. The molecule has 0 aliphatic carbocycles. The third kappa shape index (κ3) is 3.27. The molecule has 1 unspecified atom stereocenters. The molecule has 7 heteroatoms. The van der Waals surface area contributed by atoms with E-state index in [-0.39, 0.29) is 12.4 Å². The largest absolute Gasteiger partial charge is 0.396 e. The third-order valence-corrected chi connectivity index (χ3v) is 3.32. The standard InChI is InChI=1S/C11H18N4O3/c16-9-10-2-1-4-13(8-10)6-7-14-5-3-11(12-14)15(17)18/h3,5,10,16H,1-2,4,6-9H2. The average Bonchev–Trinajstić information content (AvgIpc) is 2.85. The molecule has 2 heterocycles. The summed E-state index contributed by atoms with van der Waals surface area (Å²) in [5.41, 5.74) is 0. The summed E-state index contributed by atoms with van der Waals surface area (Å²) in [5.74, 6) is 0.257. The zero-order valence-corrected chi connectivity index (χ0v) is 10.2. The number of hydrogen-bond acceptors (Lipinski definition) is 5. The zero-order chi connectivity index (χ0) is 13.0. The van der Waals surface area contributed by atoms with Gasteiger partial charge in [-0.2, -0.15) is 4.68 Å². The molecular formula is C11H18N4O3. The molecule has 100 valence electrons. The fourth-order valence-electron chi connectivity index (χ4n) is 2.32. The molecule has 0 bridgehead atoms. The first kappa shape index (κ1) is 13.0. The van der Waals surface area contributed by atoms with Gasteiger partial charge in [-0.25, -0.2) is 0 Å². The SMILES string of the molecule is O=[N+]([O-])c1ccn(CCN2CCCC(CO)C2)n1. The Bertz CT molecular complexity index is 407. The van der Waals surface area contributed by atoms with Crippen molar-refractivity contribution in [2.24, 2.45) is 5.92 Å². The number of aliphatic hydroxyl groups excluding tert-OH is 1. The molecule has 1 fully saturated rings. The van der Waals surface area contributed by atoms with Crippen LogP contribution < -0.4 is 0 Å². The van der Waals surface area contributed by atoms with E-state index in [1.165, 1.54) is 6.07 Å². The lowest BCUT2D eigenvalue weighted by molar-refractivity contribution is -0.389. The Balaban J connectivity index is 1.81. The second-order valence-electron chi connectivity index (χ2n) is 4.69. The summed E-state index contributed by atoms with van der Waals surface area (Å²) in [6.45, 7) is 3.63. The van der Waals surface area contributed by atoms with Crippen LogP contribution >= 0.6 is 0 Å². The Labute approximate surface area is 105 Å². The van der Waals surface area contributed by atoms with Crippen molar-refractivity contribution < 1.29 is 10.0 Å². The summed E-state index contributed by atoms with van der Waals surface area (Å²) in [6, 6.07) is 1.41. The Morgan fingerprint density at radius 3 is 3.06 bits per heavy atom. The lowest BCUT2D eigenvalue weighted by Crippen LogP contribution is -2.38. The lowest BCUT2D eigenvalue weighted by atomic mass is 9.99. The van der Waals surface area contributed by atoms with Crippen LogP contribution in [0.25, 0.3) is 0 Å². The highest BCUT2D eigenvalue weighted by Gasteiger charge is 2.19. The van der Waals surface area contributed by atoms with E-state index in [2.05, 4.69) is 10.00 Å². The van der Waals surface area contributed by atoms with Crippen molar-refractivity contribution in [3.63, 3.8) is 0 Å². The minimum absolute atomic E-state index is 0.109. The van der Waals surface area contributed by atoms with Crippen LogP contribution in [0.2, 0.25) is 0 Å². The Kier molecular flexibility index (Phi) is 4.27. The van der Waals surface area contributed by atoms with Gasteiger partial charge in [-0.1, -0.05) is 0 Å². The molecule has 1 N–H and O–H groups in total. The first-order valence-electron chi connectivity index (χ1n) is 6.20. The Morgan fingerprint density at radius 2 is 2.39 bits per heavy atom. The molecule has 0 radical (unpaired) electrons. The molecule has 1 aromatic heterocycles. The van der Waals surface area contributed by atoms with Crippen molar-refractivity contribution in [3.8, 4) is 0 Å². The summed E-state index contributed by atoms with van der Waals surface area (Å²) in [6.07, 6.45) is 3.82. The fraction of sp³-hybridized carbons (Fsp3) is 0.727. The van der Waals surface area contributed by atoms with Gasteiger partial charge in [0.1, 0.15) is 0 Å². The molecule has 1 aliphatic heterocycles. The molecule has 1 atom stereocenters. The highest BCUT2D eigenvalue weighted by atomic mass is 16.6. The van der Waals surface area contributed by atoms with Gasteiger partial charge in [0.05, 0.1) is 23.9 Å². The van der Waals surface area contributed by atoms with E-state index in [4.69, 9.17) is 5.11 Å². The van der Waals surface area contributed by atoms with E-state index in [1.807, 2.05) is 0 Å². The molecule has 1 aliphatic rings. The van der Waals surface area contributed by atoms with Gasteiger partial charge in [0.2, 0.25) is 0 Å². The van der Waals surface area contributed by atoms with Crippen LogP contribution in [-0.2, 0) is 6.54 Å². The topological polar surface area (TPSA) is 84.4 Å². The zero-order valence-electron chi connectivity index (χ0n) is 10.2. The summed E-state index contributed by atoms with van der Waals surface area (Å²) < 4.78 is 1.60. The van der Waals surface area contributed by atoms with Crippen LogP contribution in [0.4, 0.5) is 5.82 Å². The molecule has 0 saturated carbocycles. The quantitative estimate of drug-likeness (QED) is 0.611. The number of rotatable bonds is 5. The Morgan fingerprint density at radius 1 is 1.56 bits per heavy atom. The van der Waals surface area contributed by atoms with Crippen molar-refractivity contribution >= 4 is 5.82 Å². The van der Waals surface area contributed by atoms with Gasteiger partial charge >= 0.3 is 5.82 Å². The van der Waals surface area contributed by atoms with Gasteiger partial charge in [0.15, 0.2) is 0 Å². The smallest absolute Gasteiger partial charge is 0.389 e. The van der Waals surface area contributed by atoms with E-state index in [9.17, 15) is 10.1 Å². The van der Waals surface area contributed by atoms with E-state index in [0.29, 0.717) is 12.5 Å². The molecule has 0 spiro atoms. The number of aliphatic hydroxyl groups is 1. The van der Waals surface area contributed by atoms with E-state index in [0.717, 1.165) is 32.5 Å². The molecule has 18 heavy (non-hydrogen) atoms. The van der Waals surface area contributed by atoms with E-state index >= 15 is 0 Å². The molecular weight excluding hydrogens is 236 g/mol. The number of nitro groups is 1. The fourth-order valence-corrected chi connectivity index (χ4v) is 2.32. The van der Waals surface area contributed by atoms with Crippen LogP contribution in [0.5, 0.6) is 0 Å². The van der Waals surface area contributed by atoms with Crippen molar-refractivity contribution in [1.29, 1.82) is 0 Å². The lowest BCUT2D eigenvalue weighted by Gasteiger charge is -2.31. The normalized spacial score (nSPS) is 21.1. The van der Waals surface area contributed by atoms with Gasteiger partial charge < -0.3 is 20.1 Å². The van der Waals surface area contributed by atoms with Crippen molar-refractivity contribution in [3.05, 3.63) is 22.4 Å². The van der Waals surface area contributed by atoms with Crippen molar-refractivity contribution in [1.82, 2.24) is 14.7 Å². The molecule has 1 aromatic rings. The molecule has 7 nitrogen and oxygen atoms in total. The maximum Gasteiger partial charge on any atom is 0.389 e. The average molecular weight is 254 g/mol. The van der Waals surface area contributed by atoms with Gasteiger partial charge in [0, 0.05) is 19.7 Å². The van der Waals surface area contributed by atoms with Gasteiger partial charge in [-0.15, -0.1) is 0 Å². The summed E-state index contributed by atoms with van der Waals surface area (Å²) >= 11 is 0. The Hall–Kier alpha value is -1.47. The summed E-state index contributed by atoms with van der Waals surface area (Å²) in [7, 11) is 0. The van der Waals surface area contributed by atoms with Crippen LogP contribution in [0, 0.1) is 16.0 Å². The summed E-state index contributed by atoms with van der Waals surface area (Å²) in [4.78, 5) is 12.3. The minimum Gasteiger partial charge on any atom is -0.396 e. The maximum atomic E-state index is 10.5. The highest BCUT2D eigenvalue weighted by molar-refractivity contribution is 5.13. The summed E-state index contributed by atoms with van der Waals surface area (Å²) in [5, 5.41) is 23.5. The van der Waals surface area contributed by atoms with Crippen LogP contribution in [0.1, 0.15) is 12.8 Å². The minimum atomic E-state index is -0.487. The maximum absolute atomic E-state index is 10.5. The van der Waals surface area contributed by atoms with Crippen LogP contribution in [0.15, 0.2) is 12.3 Å². The second kappa shape index (κ2) is 5.92. The second-order valence-corrected chi connectivity index (χ2v) is 4.69. The highest BCUT2D eigenvalue weighted by Crippen LogP contribution is 2.15. The van der Waals surface area contributed by atoms with Gasteiger partial charge in [0.25, 0.3) is 0 Å². The molecule has 0 amide bonds. The first-order chi connectivity index (χ1) is 8.69. The van der Waals surface area contributed by atoms with Gasteiger partial charge in [-0.05, 0) is 30.2 Å². The number of aromatic nitrogens is 2. The monoisotopic (exact) mass is 254 g/mol. The van der Waals surface area contributed by atoms with Crippen molar-refractivity contribution in [2.45, 2.75) is 19.4 Å². The first-order valence-corrected chi connectivity index (χ1v) is 6.20. The van der Waals surface area contributed by atoms with Crippen molar-refractivity contribution in [2.75, 3.05) is 26.2 Å². The van der Waals surface area contributed by atoms with Gasteiger partial charge in [-0.3, -0.25) is 0 Å². The molecule has 2 rings (SSSR count). The number of likely N-dealkylation sites (tertiary alicyclic amines) is 1. The molecule has 0 aromatic carbocycles. The number of nitrogens with zero attached hydrogens (tertiary/aromatic N) is 4. The van der Waals surface area contributed by atoms with Crippen LogP contribution in [0.3, 0.4) is 0 Å². The number of piperidine rings is 1.